The molecule has 0 fully saturated rings. The third kappa shape index (κ3) is 3.21. The molecule has 1 rings (SSSR count). The van der Waals surface area contributed by atoms with Crippen LogP contribution in [-0.4, -0.2) is 40.1 Å². The summed E-state index contributed by atoms with van der Waals surface area (Å²) in [7, 11) is 1.27. The van der Waals surface area contributed by atoms with Crippen molar-refractivity contribution in [3.8, 4) is 0 Å². The quantitative estimate of drug-likeness (QED) is 0.778. The molecule has 8 nitrogen and oxygen atoms in total. The van der Waals surface area contributed by atoms with Crippen molar-refractivity contribution in [3.63, 3.8) is 0 Å². The van der Waals surface area contributed by atoms with Crippen molar-refractivity contribution in [3.05, 3.63) is 5.69 Å². The highest BCUT2D eigenvalue weighted by molar-refractivity contribution is 5.92. The number of nitrogen functional groups attached to an aromatic ring is 1. The molecule has 1 unspecified atom stereocenters. The Labute approximate surface area is 110 Å². The Kier molecular flexibility index (Phi) is 4.85. The van der Waals surface area contributed by atoms with Crippen LogP contribution in [0.2, 0.25) is 0 Å². The first-order valence-corrected chi connectivity index (χ1v) is 5.91. The SMILES string of the molecule is CCC(C(=O)OC)n1nnc(C(=O)OC(C)C)c1N. The van der Waals surface area contributed by atoms with E-state index in [0.717, 1.165) is 0 Å². The molecule has 1 heterocycles. The van der Waals surface area contributed by atoms with Gasteiger partial charge in [0.2, 0.25) is 5.69 Å². The predicted molar refractivity (Wildman–Crippen MR) is 66.3 cm³/mol. The van der Waals surface area contributed by atoms with E-state index in [1.54, 1.807) is 20.8 Å². The lowest BCUT2D eigenvalue weighted by Crippen LogP contribution is -2.23. The van der Waals surface area contributed by atoms with Crippen LogP contribution in [0.25, 0.3) is 0 Å². The van der Waals surface area contributed by atoms with Gasteiger partial charge in [-0.15, -0.1) is 5.10 Å². The summed E-state index contributed by atoms with van der Waals surface area (Å²) in [6.45, 7) is 5.19. The van der Waals surface area contributed by atoms with Crippen LogP contribution in [0.3, 0.4) is 0 Å². The van der Waals surface area contributed by atoms with E-state index in [0.29, 0.717) is 6.42 Å². The minimum atomic E-state index is -0.710. The van der Waals surface area contributed by atoms with Gasteiger partial charge >= 0.3 is 11.9 Å². The van der Waals surface area contributed by atoms with Crippen LogP contribution in [0.4, 0.5) is 5.82 Å². The van der Waals surface area contributed by atoms with Crippen LogP contribution in [-0.2, 0) is 14.3 Å². The summed E-state index contributed by atoms with van der Waals surface area (Å²) in [4.78, 5) is 23.3. The van der Waals surface area contributed by atoms with Gasteiger partial charge in [0, 0.05) is 0 Å². The molecule has 2 N–H and O–H groups in total. The average Bonchev–Trinajstić information content (AvgIpc) is 2.71. The highest BCUT2D eigenvalue weighted by atomic mass is 16.5. The van der Waals surface area contributed by atoms with Crippen molar-refractivity contribution < 1.29 is 19.1 Å². The van der Waals surface area contributed by atoms with Crippen LogP contribution < -0.4 is 5.73 Å². The minimum Gasteiger partial charge on any atom is -0.467 e. The van der Waals surface area contributed by atoms with Gasteiger partial charge in [-0.3, -0.25) is 0 Å². The molecule has 19 heavy (non-hydrogen) atoms. The molecule has 106 valence electrons. The summed E-state index contributed by atoms with van der Waals surface area (Å²) in [6.07, 6.45) is 0.124. The van der Waals surface area contributed by atoms with Gasteiger partial charge in [-0.25, -0.2) is 14.3 Å². The molecular formula is C11H18N4O4. The van der Waals surface area contributed by atoms with Gasteiger partial charge in [-0.1, -0.05) is 12.1 Å². The molecule has 0 bridgehead atoms. The van der Waals surface area contributed by atoms with E-state index < -0.39 is 18.0 Å². The van der Waals surface area contributed by atoms with Crippen molar-refractivity contribution in [2.24, 2.45) is 0 Å². The molecule has 8 heteroatoms. The third-order valence-corrected chi connectivity index (χ3v) is 2.42. The Morgan fingerprint density at radius 2 is 2.05 bits per heavy atom. The molecule has 1 atom stereocenters. The van der Waals surface area contributed by atoms with E-state index in [4.69, 9.17) is 10.5 Å². The zero-order valence-corrected chi connectivity index (χ0v) is 11.4. The molecule has 0 spiro atoms. The average molecular weight is 270 g/mol. The number of hydrogen-bond donors (Lipinski definition) is 1. The number of methoxy groups -OCH3 is 1. The van der Waals surface area contributed by atoms with Crippen LogP contribution in [0.15, 0.2) is 0 Å². The largest absolute Gasteiger partial charge is 0.467 e. The lowest BCUT2D eigenvalue weighted by atomic mass is 10.2. The molecule has 0 saturated heterocycles. The van der Waals surface area contributed by atoms with Crippen molar-refractivity contribution in [1.29, 1.82) is 0 Å². The predicted octanol–water partition coefficient (Wildman–Crippen LogP) is 0.550. The van der Waals surface area contributed by atoms with E-state index in [2.05, 4.69) is 15.0 Å². The first-order valence-electron chi connectivity index (χ1n) is 5.91. The second kappa shape index (κ2) is 6.17. The second-order valence-corrected chi connectivity index (χ2v) is 4.17. The fourth-order valence-corrected chi connectivity index (χ4v) is 1.52. The van der Waals surface area contributed by atoms with E-state index >= 15 is 0 Å². The van der Waals surface area contributed by atoms with E-state index in [1.807, 2.05) is 0 Å². The Balaban J connectivity index is 3.03. The molecule has 0 aliphatic rings. The highest BCUT2D eigenvalue weighted by Gasteiger charge is 2.27. The Morgan fingerprint density at radius 3 is 2.53 bits per heavy atom. The maximum Gasteiger partial charge on any atom is 0.363 e. The molecular weight excluding hydrogens is 252 g/mol. The monoisotopic (exact) mass is 270 g/mol. The summed E-state index contributed by atoms with van der Waals surface area (Å²) in [6, 6.07) is -0.710. The summed E-state index contributed by atoms with van der Waals surface area (Å²) in [5.74, 6) is -1.18. The lowest BCUT2D eigenvalue weighted by molar-refractivity contribution is -0.145. The molecule has 0 aliphatic heterocycles. The fraction of sp³-hybridized carbons (Fsp3) is 0.636. The van der Waals surface area contributed by atoms with Gasteiger partial charge in [0.25, 0.3) is 0 Å². The zero-order valence-electron chi connectivity index (χ0n) is 11.4. The van der Waals surface area contributed by atoms with Crippen molar-refractivity contribution in [2.75, 3.05) is 12.8 Å². The normalized spacial score (nSPS) is 12.3. The van der Waals surface area contributed by atoms with Crippen LogP contribution in [0.5, 0.6) is 0 Å². The number of carbonyl (C=O) groups excluding carboxylic acids is 2. The van der Waals surface area contributed by atoms with Crippen LogP contribution >= 0.6 is 0 Å². The van der Waals surface area contributed by atoms with Crippen molar-refractivity contribution >= 4 is 17.8 Å². The van der Waals surface area contributed by atoms with E-state index in [9.17, 15) is 9.59 Å². The number of rotatable bonds is 5. The Hall–Kier alpha value is -2.12. The molecule has 1 aromatic heterocycles. The number of nitrogens with zero attached hydrogens (tertiary/aromatic N) is 3. The van der Waals surface area contributed by atoms with Crippen molar-refractivity contribution in [1.82, 2.24) is 15.0 Å². The molecule has 0 amide bonds. The summed E-state index contributed by atoms with van der Waals surface area (Å²) in [5, 5.41) is 7.38. The summed E-state index contributed by atoms with van der Waals surface area (Å²) in [5.41, 5.74) is 5.68. The smallest absolute Gasteiger partial charge is 0.363 e. The maximum atomic E-state index is 11.7. The molecule has 0 aromatic carbocycles. The number of carbonyl (C=O) groups is 2. The second-order valence-electron chi connectivity index (χ2n) is 4.17. The zero-order chi connectivity index (χ0) is 14.6. The molecule has 1 aromatic rings. The Morgan fingerprint density at radius 1 is 1.42 bits per heavy atom. The van der Waals surface area contributed by atoms with E-state index in [1.165, 1.54) is 11.8 Å². The van der Waals surface area contributed by atoms with Gasteiger partial charge in [-0.05, 0) is 20.3 Å². The van der Waals surface area contributed by atoms with Crippen LogP contribution in [0, 0.1) is 0 Å². The number of esters is 2. The highest BCUT2D eigenvalue weighted by Crippen LogP contribution is 2.19. The molecule has 0 aliphatic carbocycles. The minimum absolute atomic E-state index is 0.0112. The standard InChI is InChI=1S/C11H18N4O4/c1-5-7(10(16)18-4)15-9(12)8(13-14-15)11(17)19-6(2)3/h6-7H,5,12H2,1-4H3. The number of anilines is 1. The summed E-state index contributed by atoms with van der Waals surface area (Å²) >= 11 is 0. The summed E-state index contributed by atoms with van der Waals surface area (Å²) < 4.78 is 10.8. The maximum absolute atomic E-state index is 11.7. The third-order valence-electron chi connectivity index (χ3n) is 2.42. The van der Waals surface area contributed by atoms with Gasteiger partial charge in [-0.2, -0.15) is 0 Å². The first kappa shape index (κ1) is 14.9. The first-order chi connectivity index (χ1) is 8.92. The lowest BCUT2D eigenvalue weighted by Gasteiger charge is -2.13. The van der Waals surface area contributed by atoms with E-state index in [-0.39, 0.29) is 17.6 Å². The van der Waals surface area contributed by atoms with Gasteiger partial charge in [0.05, 0.1) is 13.2 Å². The molecule has 0 radical (unpaired) electrons. The van der Waals surface area contributed by atoms with Gasteiger partial charge in [0.1, 0.15) is 0 Å². The van der Waals surface area contributed by atoms with Crippen molar-refractivity contribution in [2.45, 2.75) is 39.3 Å². The van der Waals surface area contributed by atoms with Gasteiger partial charge in [0.15, 0.2) is 11.9 Å². The van der Waals surface area contributed by atoms with Crippen LogP contribution in [0.1, 0.15) is 43.7 Å². The number of ether oxygens (including phenoxy) is 2. The fourth-order valence-electron chi connectivity index (χ4n) is 1.52. The number of hydrogen-bond acceptors (Lipinski definition) is 7. The molecule has 0 saturated carbocycles. The topological polar surface area (TPSA) is 109 Å². The Bertz CT molecular complexity index is 469. The number of nitrogens with two attached hydrogens (primary N) is 1. The number of aromatic nitrogens is 3. The van der Waals surface area contributed by atoms with Gasteiger partial charge < -0.3 is 15.2 Å².